The third-order valence-electron chi connectivity index (χ3n) is 3.46. The molecule has 0 spiro atoms. The van der Waals surface area contributed by atoms with Crippen LogP contribution in [0.25, 0.3) is 0 Å². The summed E-state index contributed by atoms with van der Waals surface area (Å²) in [5.74, 6) is -0.760. The Morgan fingerprint density at radius 2 is 2.05 bits per heavy atom. The lowest BCUT2D eigenvalue weighted by Crippen LogP contribution is -2.41. The zero-order valence-corrected chi connectivity index (χ0v) is 13.5. The Labute approximate surface area is 135 Å². The molecule has 6 nitrogen and oxygen atoms in total. The van der Waals surface area contributed by atoms with E-state index in [-0.39, 0.29) is 23.8 Å². The fourth-order valence-electron chi connectivity index (χ4n) is 2.43. The monoisotopic (exact) mass is 363 g/mol. The van der Waals surface area contributed by atoms with Gasteiger partial charge in [-0.1, -0.05) is 15.9 Å². The van der Waals surface area contributed by atoms with E-state index in [1.165, 1.54) is 6.20 Å². The van der Waals surface area contributed by atoms with Gasteiger partial charge in [-0.25, -0.2) is 4.79 Å². The molecule has 0 N–H and O–H groups in total. The zero-order chi connectivity index (χ0) is 15.7. The van der Waals surface area contributed by atoms with Crippen LogP contribution in [-0.4, -0.2) is 34.8 Å². The highest BCUT2D eigenvalue weighted by Gasteiger charge is 2.32. The van der Waals surface area contributed by atoms with Gasteiger partial charge in [-0.15, -0.1) is 0 Å². The number of esters is 1. The van der Waals surface area contributed by atoms with Crippen molar-refractivity contribution < 1.29 is 14.3 Å². The molecule has 0 unspecified atom stereocenters. The maximum Gasteiger partial charge on any atom is 0.342 e. The van der Waals surface area contributed by atoms with Gasteiger partial charge in [-0.2, -0.15) is 5.10 Å². The third-order valence-corrected chi connectivity index (χ3v) is 3.98. The molecule has 1 aromatic heterocycles. The number of anilines is 1. The average Bonchev–Trinajstić information content (AvgIpc) is 2.94. The van der Waals surface area contributed by atoms with Crippen LogP contribution in [0.3, 0.4) is 0 Å². The molecule has 22 heavy (non-hydrogen) atoms. The number of halogens is 1. The van der Waals surface area contributed by atoms with E-state index in [0.717, 1.165) is 10.2 Å². The fraction of sp³-hybridized carbons (Fsp3) is 0.267. The Hall–Kier alpha value is -2.15. The molecule has 1 amide bonds. The molecular formula is C15H14BrN3O3. The van der Waals surface area contributed by atoms with Crippen LogP contribution in [-0.2, 0) is 11.3 Å². The standard InChI is InChI=1S/C15H14BrN3O3/c1-2-22-15(21)12-9-17-19-8-7-18(14(20)13(12)19)11-5-3-10(16)4-6-11/h3-6,9H,2,7-8H2,1H3. The molecule has 0 bridgehead atoms. The van der Waals surface area contributed by atoms with E-state index >= 15 is 0 Å². The lowest BCUT2D eigenvalue weighted by Gasteiger charge is -2.28. The maximum atomic E-state index is 12.7. The Kier molecular flexibility index (Phi) is 3.98. The van der Waals surface area contributed by atoms with Crippen LogP contribution in [0.2, 0.25) is 0 Å². The molecule has 1 aromatic carbocycles. The second kappa shape index (κ2) is 5.92. The summed E-state index contributed by atoms with van der Waals surface area (Å²) >= 11 is 3.37. The molecule has 0 fully saturated rings. The molecule has 1 aliphatic heterocycles. The molecule has 3 rings (SSSR count). The van der Waals surface area contributed by atoms with Gasteiger partial charge in [-0.05, 0) is 31.2 Å². The quantitative estimate of drug-likeness (QED) is 0.785. The van der Waals surface area contributed by atoms with Crippen LogP contribution in [0.15, 0.2) is 34.9 Å². The van der Waals surface area contributed by atoms with Crippen LogP contribution in [0.1, 0.15) is 27.8 Å². The van der Waals surface area contributed by atoms with E-state index in [2.05, 4.69) is 21.0 Å². The predicted octanol–water partition coefficient (Wildman–Crippen LogP) is 2.48. The Morgan fingerprint density at radius 3 is 2.73 bits per heavy atom. The van der Waals surface area contributed by atoms with E-state index in [4.69, 9.17) is 4.74 Å². The second-order valence-corrected chi connectivity index (χ2v) is 5.70. The van der Waals surface area contributed by atoms with Gasteiger partial charge in [0.2, 0.25) is 0 Å². The number of nitrogens with zero attached hydrogens (tertiary/aromatic N) is 3. The first kappa shape index (κ1) is 14.8. The number of hydrogen-bond acceptors (Lipinski definition) is 4. The molecule has 0 saturated carbocycles. The first-order valence-corrected chi connectivity index (χ1v) is 7.71. The van der Waals surface area contributed by atoms with Crippen LogP contribution in [0.5, 0.6) is 0 Å². The Morgan fingerprint density at radius 1 is 1.32 bits per heavy atom. The van der Waals surface area contributed by atoms with Gasteiger partial charge in [0.1, 0.15) is 11.3 Å². The minimum atomic E-state index is -0.519. The summed E-state index contributed by atoms with van der Waals surface area (Å²) in [7, 11) is 0. The number of hydrogen-bond donors (Lipinski definition) is 0. The van der Waals surface area contributed by atoms with Crippen molar-refractivity contribution in [2.75, 3.05) is 18.1 Å². The summed E-state index contributed by atoms with van der Waals surface area (Å²) in [5, 5.41) is 4.11. The highest BCUT2D eigenvalue weighted by atomic mass is 79.9. The van der Waals surface area contributed by atoms with Crippen LogP contribution in [0.4, 0.5) is 5.69 Å². The molecule has 2 aromatic rings. The lowest BCUT2D eigenvalue weighted by molar-refractivity contribution is 0.0522. The van der Waals surface area contributed by atoms with Crippen molar-refractivity contribution in [1.82, 2.24) is 9.78 Å². The topological polar surface area (TPSA) is 64.4 Å². The number of aromatic nitrogens is 2. The van der Waals surface area contributed by atoms with Gasteiger partial charge in [0.25, 0.3) is 5.91 Å². The minimum absolute atomic E-state index is 0.216. The van der Waals surface area contributed by atoms with Crippen molar-refractivity contribution in [3.05, 3.63) is 46.2 Å². The van der Waals surface area contributed by atoms with E-state index in [0.29, 0.717) is 13.1 Å². The fourth-order valence-corrected chi connectivity index (χ4v) is 2.69. The van der Waals surface area contributed by atoms with Gasteiger partial charge in [0.05, 0.1) is 19.3 Å². The van der Waals surface area contributed by atoms with E-state index in [1.807, 2.05) is 24.3 Å². The second-order valence-electron chi connectivity index (χ2n) is 4.78. The summed E-state index contributed by atoms with van der Waals surface area (Å²) in [6, 6.07) is 7.47. The molecule has 7 heteroatoms. The largest absolute Gasteiger partial charge is 0.462 e. The SMILES string of the molecule is CCOC(=O)c1cnn2c1C(=O)N(c1ccc(Br)cc1)CC2. The molecule has 2 heterocycles. The van der Waals surface area contributed by atoms with Crippen LogP contribution >= 0.6 is 15.9 Å². The van der Waals surface area contributed by atoms with Gasteiger partial charge in [0, 0.05) is 16.7 Å². The Bertz CT molecular complexity index is 724. The molecule has 0 atom stereocenters. The summed E-state index contributed by atoms with van der Waals surface area (Å²) in [6.07, 6.45) is 1.40. The van der Waals surface area contributed by atoms with Gasteiger partial charge < -0.3 is 9.64 Å². The van der Waals surface area contributed by atoms with Gasteiger partial charge in [0.15, 0.2) is 0 Å². The van der Waals surface area contributed by atoms with Gasteiger partial charge >= 0.3 is 5.97 Å². The van der Waals surface area contributed by atoms with E-state index in [9.17, 15) is 9.59 Å². The van der Waals surface area contributed by atoms with Crippen LogP contribution in [0, 0.1) is 0 Å². The number of amides is 1. The van der Waals surface area contributed by atoms with Crippen molar-refractivity contribution in [1.29, 1.82) is 0 Å². The molecule has 0 saturated heterocycles. The highest BCUT2D eigenvalue weighted by molar-refractivity contribution is 9.10. The predicted molar refractivity (Wildman–Crippen MR) is 84.0 cm³/mol. The first-order valence-electron chi connectivity index (χ1n) is 6.92. The number of fused-ring (bicyclic) bond motifs is 1. The number of rotatable bonds is 3. The number of carbonyl (C=O) groups excluding carboxylic acids is 2. The average molecular weight is 364 g/mol. The molecule has 1 aliphatic rings. The summed E-state index contributed by atoms with van der Waals surface area (Å²) in [6.45, 7) is 3.03. The molecule has 114 valence electrons. The Balaban J connectivity index is 1.96. The molecule has 0 radical (unpaired) electrons. The van der Waals surface area contributed by atoms with Crippen molar-refractivity contribution in [3.63, 3.8) is 0 Å². The maximum absolute atomic E-state index is 12.7. The van der Waals surface area contributed by atoms with Crippen molar-refractivity contribution in [2.24, 2.45) is 0 Å². The van der Waals surface area contributed by atoms with Gasteiger partial charge in [-0.3, -0.25) is 9.48 Å². The summed E-state index contributed by atoms with van der Waals surface area (Å²) in [4.78, 5) is 26.3. The molecule has 0 aliphatic carbocycles. The van der Waals surface area contributed by atoms with E-state index < -0.39 is 5.97 Å². The number of carbonyl (C=O) groups is 2. The van der Waals surface area contributed by atoms with Crippen LogP contribution < -0.4 is 4.90 Å². The highest BCUT2D eigenvalue weighted by Crippen LogP contribution is 2.24. The summed E-state index contributed by atoms with van der Waals surface area (Å²) < 4.78 is 7.49. The smallest absolute Gasteiger partial charge is 0.342 e. The van der Waals surface area contributed by atoms with Crippen molar-refractivity contribution in [3.8, 4) is 0 Å². The number of ether oxygens (including phenoxy) is 1. The van der Waals surface area contributed by atoms with Crippen molar-refractivity contribution in [2.45, 2.75) is 13.5 Å². The first-order chi connectivity index (χ1) is 10.6. The van der Waals surface area contributed by atoms with E-state index in [1.54, 1.807) is 16.5 Å². The molecular weight excluding hydrogens is 350 g/mol. The summed E-state index contributed by atoms with van der Waals surface area (Å²) in [5.41, 5.74) is 1.29. The normalized spacial score (nSPS) is 13.9. The zero-order valence-electron chi connectivity index (χ0n) is 12.0. The third kappa shape index (κ3) is 2.52. The van der Waals surface area contributed by atoms with Crippen molar-refractivity contribution >= 4 is 33.5 Å². The lowest BCUT2D eigenvalue weighted by atomic mass is 10.1. The minimum Gasteiger partial charge on any atom is -0.462 e. The number of benzene rings is 1.